The maximum absolute atomic E-state index is 10.2. The Labute approximate surface area is 86.4 Å². The fraction of sp³-hybridized carbons (Fsp3) is 0.333. The van der Waals surface area contributed by atoms with Gasteiger partial charge < -0.3 is 4.89 Å². The van der Waals surface area contributed by atoms with E-state index in [0.29, 0.717) is 5.66 Å². The lowest BCUT2D eigenvalue weighted by atomic mass is 10.2. The van der Waals surface area contributed by atoms with Gasteiger partial charge in [-0.1, -0.05) is 42.5 Å². The van der Waals surface area contributed by atoms with E-state index in [2.05, 4.69) is 36.5 Å². The van der Waals surface area contributed by atoms with E-state index >= 15 is 0 Å². The topological polar surface area (TPSA) is 20.2 Å². The number of allylic oxidation sites excluding steroid dienone is 8. The van der Waals surface area contributed by atoms with Gasteiger partial charge in [-0.05, 0) is 24.6 Å². The van der Waals surface area contributed by atoms with E-state index in [4.69, 9.17) is 0 Å². The molecule has 1 N–H and O–H groups in total. The fourth-order valence-electron chi connectivity index (χ4n) is 1.74. The van der Waals surface area contributed by atoms with Crippen molar-refractivity contribution < 1.29 is 4.89 Å². The number of hydrogen-bond donors (Lipinski definition) is 1. The molecular formula is C12H15OP. The fourth-order valence-corrected chi connectivity index (χ4v) is 3.35. The lowest BCUT2D eigenvalue weighted by Crippen LogP contribution is -2.04. The summed E-state index contributed by atoms with van der Waals surface area (Å²) in [7, 11) is -0.945. The summed E-state index contributed by atoms with van der Waals surface area (Å²) in [4.78, 5) is 10.2. The molecule has 0 saturated heterocycles. The van der Waals surface area contributed by atoms with Crippen molar-refractivity contribution in [2.24, 2.45) is 0 Å². The summed E-state index contributed by atoms with van der Waals surface area (Å²) >= 11 is 0. The van der Waals surface area contributed by atoms with Gasteiger partial charge in [0.15, 0.2) is 0 Å². The quantitative estimate of drug-likeness (QED) is 0.685. The van der Waals surface area contributed by atoms with E-state index in [0.717, 1.165) is 19.3 Å². The molecule has 0 aromatic carbocycles. The van der Waals surface area contributed by atoms with Crippen LogP contribution in [-0.2, 0) is 0 Å². The van der Waals surface area contributed by atoms with Crippen molar-refractivity contribution in [2.75, 3.05) is 0 Å². The molecule has 2 unspecified atom stereocenters. The molecule has 14 heavy (non-hydrogen) atoms. The Kier molecular flexibility index (Phi) is 3.34. The molecule has 0 amide bonds. The van der Waals surface area contributed by atoms with Crippen molar-refractivity contribution in [1.82, 2.24) is 0 Å². The van der Waals surface area contributed by atoms with Crippen molar-refractivity contribution in [3.05, 3.63) is 47.8 Å². The van der Waals surface area contributed by atoms with Gasteiger partial charge in [-0.2, -0.15) is 0 Å². The first-order chi connectivity index (χ1) is 6.88. The highest BCUT2D eigenvalue weighted by Gasteiger charge is 2.20. The third-order valence-electron chi connectivity index (χ3n) is 2.56. The molecule has 0 aromatic rings. The second kappa shape index (κ2) is 4.72. The molecule has 2 rings (SSSR count). The molecule has 1 nitrogen and oxygen atoms in total. The highest BCUT2D eigenvalue weighted by atomic mass is 31.1. The van der Waals surface area contributed by atoms with E-state index in [9.17, 15) is 4.89 Å². The van der Waals surface area contributed by atoms with Crippen LogP contribution >= 0.6 is 8.15 Å². The van der Waals surface area contributed by atoms with Gasteiger partial charge in [0.1, 0.15) is 0 Å². The van der Waals surface area contributed by atoms with Crippen LogP contribution in [0.4, 0.5) is 0 Å². The van der Waals surface area contributed by atoms with Gasteiger partial charge in [-0.15, -0.1) is 0 Å². The van der Waals surface area contributed by atoms with Gasteiger partial charge in [0, 0.05) is 5.66 Å². The van der Waals surface area contributed by atoms with E-state index in [1.807, 2.05) is 6.08 Å². The van der Waals surface area contributed by atoms with Crippen LogP contribution in [0.15, 0.2) is 47.8 Å². The van der Waals surface area contributed by atoms with E-state index in [-0.39, 0.29) is 0 Å². The summed E-state index contributed by atoms with van der Waals surface area (Å²) in [6.45, 7) is 0. The standard InChI is InChI=1S/C12H15OP/c13-14(11-7-3-1-4-8-11)12-9-5-2-6-10-12/h1-5,7,9,11,13H,6,8,10H2. The molecule has 2 heteroatoms. The monoisotopic (exact) mass is 206 g/mol. The smallest absolute Gasteiger partial charge is 0.0595 e. The van der Waals surface area contributed by atoms with Gasteiger partial charge in [0.05, 0.1) is 8.15 Å². The minimum Gasteiger partial charge on any atom is -0.369 e. The predicted molar refractivity (Wildman–Crippen MR) is 62.3 cm³/mol. The normalized spacial score (nSPS) is 27.5. The molecule has 0 aromatic heterocycles. The summed E-state index contributed by atoms with van der Waals surface area (Å²) in [5, 5.41) is 1.24. The van der Waals surface area contributed by atoms with Gasteiger partial charge in [-0.25, -0.2) is 0 Å². The van der Waals surface area contributed by atoms with Crippen molar-refractivity contribution in [3.63, 3.8) is 0 Å². The molecule has 0 bridgehead atoms. The average Bonchev–Trinajstić information content (AvgIpc) is 2.30. The Morgan fingerprint density at radius 3 is 2.79 bits per heavy atom. The van der Waals surface area contributed by atoms with Gasteiger partial charge in [0.2, 0.25) is 0 Å². The Balaban J connectivity index is 2.03. The van der Waals surface area contributed by atoms with Gasteiger partial charge in [-0.3, -0.25) is 0 Å². The van der Waals surface area contributed by atoms with Crippen LogP contribution in [0.25, 0.3) is 0 Å². The maximum atomic E-state index is 10.2. The van der Waals surface area contributed by atoms with Crippen molar-refractivity contribution in [3.8, 4) is 0 Å². The molecule has 0 heterocycles. The van der Waals surface area contributed by atoms with E-state index < -0.39 is 8.15 Å². The lowest BCUT2D eigenvalue weighted by Gasteiger charge is -2.23. The third-order valence-corrected chi connectivity index (χ3v) is 4.53. The highest BCUT2D eigenvalue weighted by molar-refractivity contribution is 7.57. The zero-order valence-corrected chi connectivity index (χ0v) is 9.03. The molecule has 0 aliphatic heterocycles. The van der Waals surface area contributed by atoms with Crippen LogP contribution in [-0.4, -0.2) is 10.6 Å². The maximum Gasteiger partial charge on any atom is 0.0595 e. The third kappa shape index (κ3) is 2.23. The summed E-state index contributed by atoms with van der Waals surface area (Å²) in [5.41, 5.74) is 0.341. The first kappa shape index (κ1) is 9.89. The average molecular weight is 206 g/mol. The van der Waals surface area contributed by atoms with Crippen LogP contribution < -0.4 is 0 Å². The van der Waals surface area contributed by atoms with Crippen LogP contribution in [0.5, 0.6) is 0 Å². The van der Waals surface area contributed by atoms with Gasteiger partial charge >= 0.3 is 0 Å². The molecule has 2 atom stereocenters. The Morgan fingerprint density at radius 1 is 1.21 bits per heavy atom. The van der Waals surface area contributed by atoms with Crippen molar-refractivity contribution in [2.45, 2.75) is 24.9 Å². The molecule has 2 aliphatic carbocycles. The van der Waals surface area contributed by atoms with Crippen LogP contribution in [0.1, 0.15) is 19.3 Å². The number of hydrogen-bond acceptors (Lipinski definition) is 1. The minimum atomic E-state index is -0.945. The second-order valence-corrected chi connectivity index (χ2v) is 5.51. The van der Waals surface area contributed by atoms with E-state index in [1.54, 1.807) is 0 Å². The summed E-state index contributed by atoms with van der Waals surface area (Å²) in [6.07, 6.45) is 17.8. The van der Waals surface area contributed by atoms with E-state index in [1.165, 1.54) is 5.31 Å². The Morgan fingerprint density at radius 2 is 2.14 bits per heavy atom. The minimum absolute atomic E-state index is 0.341. The molecule has 2 aliphatic rings. The predicted octanol–water partition coefficient (Wildman–Crippen LogP) is 3.49. The van der Waals surface area contributed by atoms with Gasteiger partial charge in [0.25, 0.3) is 0 Å². The Bertz CT molecular complexity index is 312. The van der Waals surface area contributed by atoms with Crippen LogP contribution in [0.3, 0.4) is 0 Å². The second-order valence-electron chi connectivity index (χ2n) is 3.59. The zero-order valence-electron chi connectivity index (χ0n) is 8.13. The molecule has 0 saturated carbocycles. The molecule has 74 valence electrons. The van der Waals surface area contributed by atoms with Crippen LogP contribution in [0.2, 0.25) is 0 Å². The molecule has 0 spiro atoms. The summed E-state index contributed by atoms with van der Waals surface area (Å²) in [6, 6.07) is 0. The molecule has 0 fully saturated rings. The highest BCUT2D eigenvalue weighted by Crippen LogP contribution is 2.50. The first-order valence-corrected chi connectivity index (χ1v) is 6.41. The zero-order chi connectivity index (χ0) is 9.80. The lowest BCUT2D eigenvalue weighted by molar-refractivity contribution is 0.617. The summed E-state index contributed by atoms with van der Waals surface area (Å²) < 4.78 is 0. The van der Waals surface area contributed by atoms with Crippen molar-refractivity contribution in [1.29, 1.82) is 0 Å². The molecular weight excluding hydrogens is 191 g/mol. The first-order valence-electron chi connectivity index (χ1n) is 5.05. The largest absolute Gasteiger partial charge is 0.369 e. The van der Waals surface area contributed by atoms with Crippen molar-refractivity contribution >= 4 is 8.15 Å². The molecule has 0 radical (unpaired) electrons. The summed E-state index contributed by atoms with van der Waals surface area (Å²) in [5.74, 6) is 0. The Hall–Kier alpha value is -0.650. The van der Waals surface area contributed by atoms with Crippen LogP contribution in [0, 0.1) is 0 Å². The SMILES string of the molecule is OP(C1=CC=CCC1)C1C=CC=CC1. The number of rotatable bonds is 2.